The van der Waals surface area contributed by atoms with Crippen molar-refractivity contribution >= 4 is 5.78 Å². The minimum atomic E-state index is -0.741. The standard InChI is InChI=1S/C22H17F3O2/c1-12-8-20(26)13(2)17(22(12)25)11-21(27)18-10-15(6-7-19(18)24)14-4-3-5-16(23)9-14/h3-10,26H,11H2,1-2H3. The molecule has 0 aliphatic heterocycles. The van der Waals surface area contributed by atoms with E-state index in [1.807, 2.05) is 0 Å². The van der Waals surface area contributed by atoms with Crippen LogP contribution in [0.5, 0.6) is 5.75 Å². The predicted octanol–water partition coefficient (Wildman–Crippen LogP) is 5.52. The number of carbonyl (C=O) groups is 1. The van der Waals surface area contributed by atoms with Crippen LogP contribution in [0.25, 0.3) is 11.1 Å². The topological polar surface area (TPSA) is 37.3 Å². The van der Waals surface area contributed by atoms with Gasteiger partial charge in [-0.3, -0.25) is 4.79 Å². The van der Waals surface area contributed by atoms with E-state index < -0.39 is 29.7 Å². The number of phenolic OH excluding ortho intramolecular Hbond substituents is 1. The SMILES string of the molecule is Cc1cc(O)c(C)c(CC(=O)c2cc(-c3cccc(F)c3)ccc2F)c1F. The van der Waals surface area contributed by atoms with E-state index in [0.29, 0.717) is 11.1 Å². The summed E-state index contributed by atoms with van der Waals surface area (Å²) in [6.45, 7) is 2.98. The third-order valence-electron chi connectivity index (χ3n) is 4.56. The zero-order valence-electron chi connectivity index (χ0n) is 14.8. The molecule has 3 aromatic carbocycles. The number of rotatable bonds is 4. The molecule has 27 heavy (non-hydrogen) atoms. The first kappa shape index (κ1) is 18.7. The van der Waals surface area contributed by atoms with Crippen LogP contribution in [0.2, 0.25) is 0 Å². The molecular formula is C22H17F3O2. The van der Waals surface area contributed by atoms with Crippen LogP contribution in [0.4, 0.5) is 13.2 Å². The molecule has 2 nitrogen and oxygen atoms in total. The lowest BCUT2D eigenvalue weighted by Crippen LogP contribution is -2.10. The van der Waals surface area contributed by atoms with Gasteiger partial charge in [0.25, 0.3) is 0 Å². The quantitative estimate of drug-likeness (QED) is 0.614. The molecule has 1 N–H and O–H groups in total. The lowest BCUT2D eigenvalue weighted by atomic mass is 9.94. The smallest absolute Gasteiger partial charge is 0.170 e. The first-order valence-electron chi connectivity index (χ1n) is 8.34. The predicted molar refractivity (Wildman–Crippen MR) is 97.4 cm³/mol. The fourth-order valence-electron chi connectivity index (χ4n) is 2.99. The zero-order chi connectivity index (χ0) is 19.7. The Morgan fingerprint density at radius 3 is 2.37 bits per heavy atom. The Kier molecular flexibility index (Phi) is 5.04. The summed E-state index contributed by atoms with van der Waals surface area (Å²) < 4.78 is 42.1. The maximum absolute atomic E-state index is 14.4. The van der Waals surface area contributed by atoms with E-state index in [9.17, 15) is 23.1 Å². The van der Waals surface area contributed by atoms with Gasteiger partial charge in [-0.15, -0.1) is 0 Å². The Morgan fingerprint density at radius 2 is 1.67 bits per heavy atom. The summed E-state index contributed by atoms with van der Waals surface area (Å²) in [5, 5.41) is 9.87. The van der Waals surface area contributed by atoms with Gasteiger partial charge in [0.2, 0.25) is 0 Å². The number of halogens is 3. The van der Waals surface area contributed by atoms with Crippen LogP contribution >= 0.6 is 0 Å². The summed E-state index contributed by atoms with van der Waals surface area (Å²) in [7, 11) is 0. The maximum atomic E-state index is 14.4. The molecule has 0 saturated heterocycles. The van der Waals surface area contributed by atoms with E-state index in [1.165, 1.54) is 50.2 Å². The molecule has 0 aliphatic carbocycles. The van der Waals surface area contributed by atoms with Gasteiger partial charge >= 0.3 is 0 Å². The Bertz CT molecular complexity index is 1020. The van der Waals surface area contributed by atoms with Crippen molar-refractivity contribution in [2.45, 2.75) is 20.3 Å². The summed E-state index contributed by atoms with van der Waals surface area (Å²) in [4.78, 5) is 12.7. The molecule has 0 heterocycles. The Hall–Kier alpha value is -3.08. The summed E-state index contributed by atoms with van der Waals surface area (Å²) in [5.74, 6) is -2.53. The average Bonchev–Trinajstić information content (AvgIpc) is 2.64. The van der Waals surface area contributed by atoms with Crippen molar-refractivity contribution < 1.29 is 23.1 Å². The molecule has 0 unspecified atom stereocenters. The van der Waals surface area contributed by atoms with Gasteiger partial charge in [-0.05, 0) is 66.4 Å². The number of aryl methyl sites for hydroxylation is 1. The second-order valence-corrected chi connectivity index (χ2v) is 6.44. The van der Waals surface area contributed by atoms with Crippen LogP contribution in [0, 0.1) is 31.3 Å². The highest BCUT2D eigenvalue weighted by Gasteiger charge is 2.20. The minimum Gasteiger partial charge on any atom is -0.508 e. The number of phenols is 1. The van der Waals surface area contributed by atoms with Gasteiger partial charge in [-0.2, -0.15) is 0 Å². The van der Waals surface area contributed by atoms with E-state index in [0.717, 1.165) is 6.07 Å². The Balaban J connectivity index is 2.00. The van der Waals surface area contributed by atoms with Crippen molar-refractivity contribution in [1.29, 1.82) is 0 Å². The first-order chi connectivity index (χ1) is 12.8. The van der Waals surface area contributed by atoms with Crippen molar-refractivity contribution in [2.24, 2.45) is 0 Å². The third kappa shape index (κ3) is 3.72. The van der Waals surface area contributed by atoms with Gasteiger partial charge in [0.1, 0.15) is 23.2 Å². The van der Waals surface area contributed by atoms with Crippen LogP contribution < -0.4 is 0 Å². The molecule has 0 spiro atoms. The lowest BCUT2D eigenvalue weighted by molar-refractivity contribution is 0.0987. The molecule has 0 bridgehead atoms. The molecular weight excluding hydrogens is 353 g/mol. The lowest BCUT2D eigenvalue weighted by Gasteiger charge is -2.12. The summed E-state index contributed by atoms with van der Waals surface area (Å²) >= 11 is 0. The molecule has 138 valence electrons. The molecule has 0 amide bonds. The largest absolute Gasteiger partial charge is 0.508 e. The number of benzene rings is 3. The molecule has 0 fully saturated rings. The fraction of sp³-hybridized carbons (Fsp3) is 0.136. The molecule has 5 heteroatoms. The number of hydrogen-bond acceptors (Lipinski definition) is 2. The van der Waals surface area contributed by atoms with Crippen molar-refractivity contribution in [3.8, 4) is 16.9 Å². The number of ketones is 1. The number of hydrogen-bond donors (Lipinski definition) is 1. The summed E-state index contributed by atoms with van der Waals surface area (Å²) in [5.41, 5.74) is 1.25. The first-order valence-corrected chi connectivity index (χ1v) is 8.34. The van der Waals surface area contributed by atoms with E-state index in [4.69, 9.17) is 0 Å². The molecule has 0 radical (unpaired) electrons. The highest BCUT2D eigenvalue weighted by Crippen LogP contribution is 2.28. The average molecular weight is 370 g/mol. The third-order valence-corrected chi connectivity index (χ3v) is 4.56. The highest BCUT2D eigenvalue weighted by atomic mass is 19.1. The van der Waals surface area contributed by atoms with Gasteiger partial charge in [-0.25, -0.2) is 13.2 Å². The monoisotopic (exact) mass is 370 g/mol. The zero-order valence-corrected chi connectivity index (χ0v) is 14.8. The van der Waals surface area contributed by atoms with Gasteiger partial charge in [0.05, 0.1) is 5.56 Å². The van der Waals surface area contributed by atoms with E-state index >= 15 is 0 Å². The van der Waals surface area contributed by atoms with E-state index in [1.54, 1.807) is 6.07 Å². The van der Waals surface area contributed by atoms with Crippen LogP contribution in [0.3, 0.4) is 0 Å². The highest BCUT2D eigenvalue weighted by molar-refractivity contribution is 5.99. The van der Waals surface area contributed by atoms with E-state index in [-0.39, 0.29) is 28.0 Å². The van der Waals surface area contributed by atoms with Gasteiger partial charge in [0.15, 0.2) is 5.78 Å². The minimum absolute atomic E-state index is 0.0352. The normalized spacial score (nSPS) is 10.9. The van der Waals surface area contributed by atoms with Crippen molar-refractivity contribution in [2.75, 3.05) is 0 Å². The van der Waals surface area contributed by atoms with E-state index in [2.05, 4.69) is 0 Å². The van der Waals surface area contributed by atoms with Gasteiger partial charge in [0, 0.05) is 12.0 Å². The van der Waals surface area contributed by atoms with Gasteiger partial charge < -0.3 is 5.11 Å². The molecule has 3 aromatic rings. The number of Topliss-reactive ketones (excluding diaryl/α,β-unsaturated/α-hetero) is 1. The van der Waals surface area contributed by atoms with Crippen LogP contribution in [0.15, 0.2) is 48.5 Å². The van der Waals surface area contributed by atoms with Crippen molar-refractivity contribution in [1.82, 2.24) is 0 Å². The molecule has 0 saturated carbocycles. The number of aromatic hydroxyl groups is 1. The fourth-order valence-corrected chi connectivity index (χ4v) is 2.99. The Labute approximate surface area is 154 Å². The van der Waals surface area contributed by atoms with Gasteiger partial charge in [-0.1, -0.05) is 18.2 Å². The van der Waals surface area contributed by atoms with Crippen molar-refractivity contribution in [3.05, 3.63) is 88.2 Å². The maximum Gasteiger partial charge on any atom is 0.170 e. The van der Waals surface area contributed by atoms with Crippen molar-refractivity contribution in [3.63, 3.8) is 0 Å². The molecule has 0 aliphatic rings. The summed E-state index contributed by atoms with van der Waals surface area (Å²) in [6.07, 6.45) is -0.392. The van der Waals surface area contributed by atoms with Crippen LogP contribution in [-0.2, 0) is 6.42 Å². The molecule has 3 rings (SSSR count). The summed E-state index contributed by atoms with van der Waals surface area (Å²) in [6, 6.07) is 10.9. The Morgan fingerprint density at radius 1 is 0.963 bits per heavy atom. The number of carbonyl (C=O) groups excluding carboxylic acids is 1. The van der Waals surface area contributed by atoms with Crippen LogP contribution in [0.1, 0.15) is 27.0 Å². The second-order valence-electron chi connectivity index (χ2n) is 6.44. The molecule has 0 atom stereocenters. The van der Waals surface area contributed by atoms with Crippen LogP contribution in [-0.4, -0.2) is 10.9 Å². The second kappa shape index (κ2) is 7.27. The molecule has 0 aromatic heterocycles.